The van der Waals surface area contributed by atoms with Gasteiger partial charge in [0, 0.05) is 17.5 Å². The summed E-state index contributed by atoms with van der Waals surface area (Å²) in [4.78, 5) is 16.9. The number of fused-ring (bicyclic) bond motifs is 1. The van der Waals surface area contributed by atoms with Gasteiger partial charge in [-0.3, -0.25) is 10.1 Å². The summed E-state index contributed by atoms with van der Waals surface area (Å²) in [6.45, 7) is 4.17. The fourth-order valence-electron chi connectivity index (χ4n) is 4.61. The van der Waals surface area contributed by atoms with Crippen LogP contribution in [-0.4, -0.2) is 9.49 Å². The van der Waals surface area contributed by atoms with Gasteiger partial charge in [0.05, 0.1) is 22.3 Å². The van der Waals surface area contributed by atoms with Crippen LogP contribution in [0.2, 0.25) is 0 Å². The van der Waals surface area contributed by atoms with E-state index < -0.39 is 0 Å². The second kappa shape index (κ2) is 8.79. The Bertz CT molecular complexity index is 1400. The van der Waals surface area contributed by atoms with Crippen molar-refractivity contribution in [2.45, 2.75) is 39.2 Å². The van der Waals surface area contributed by atoms with Crippen LogP contribution in [-0.2, 0) is 6.42 Å². The fourth-order valence-corrected chi connectivity index (χ4v) is 5.56. The van der Waals surface area contributed by atoms with Crippen molar-refractivity contribution < 1.29 is 4.92 Å². The van der Waals surface area contributed by atoms with Crippen molar-refractivity contribution in [2.75, 3.05) is 0 Å². The maximum absolute atomic E-state index is 11.2. The highest BCUT2D eigenvalue weighted by Gasteiger charge is 2.25. The quantitative estimate of drug-likeness (QED) is 0.248. The lowest BCUT2D eigenvalue weighted by Gasteiger charge is -2.28. The number of hydrogen-bond acceptors (Lipinski definition) is 4. The van der Waals surface area contributed by atoms with E-state index in [9.17, 15) is 10.1 Å². The minimum atomic E-state index is -0.357. The highest BCUT2D eigenvalue weighted by molar-refractivity contribution is 7.07. The highest BCUT2D eigenvalue weighted by Crippen LogP contribution is 2.36. The van der Waals surface area contributed by atoms with Crippen molar-refractivity contribution in [1.82, 2.24) is 4.57 Å². The molecule has 0 bridgehead atoms. The summed E-state index contributed by atoms with van der Waals surface area (Å²) in [7, 11) is 0. The lowest BCUT2D eigenvalue weighted by molar-refractivity contribution is -0.384. The van der Waals surface area contributed by atoms with Crippen molar-refractivity contribution in [3.63, 3.8) is 0 Å². The molecule has 1 unspecified atom stereocenters. The molecule has 33 heavy (non-hydrogen) atoms. The molecule has 0 saturated carbocycles. The smallest absolute Gasteiger partial charge is 0.269 e. The molecule has 1 atom stereocenters. The summed E-state index contributed by atoms with van der Waals surface area (Å²) < 4.78 is 2.34. The molecule has 1 aliphatic carbocycles. The number of nitrogens with zero attached hydrogens (tertiary/aromatic N) is 3. The van der Waals surface area contributed by atoms with Crippen molar-refractivity contribution in [3.8, 4) is 11.3 Å². The Hall–Kier alpha value is -3.51. The van der Waals surface area contributed by atoms with E-state index in [2.05, 4.69) is 66.3 Å². The lowest BCUT2D eigenvalue weighted by Crippen LogP contribution is -2.26. The van der Waals surface area contributed by atoms with Gasteiger partial charge in [0.15, 0.2) is 4.80 Å². The molecular formula is C27H25N3O2S. The molecule has 0 fully saturated rings. The molecule has 6 heteroatoms. The van der Waals surface area contributed by atoms with Crippen molar-refractivity contribution in [3.05, 3.63) is 109 Å². The monoisotopic (exact) mass is 455 g/mol. The summed E-state index contributed by atoms with van der Waals surface area (Å²) in [6, 6.07) is 22.0. The third kappa shape index (κ3) is 4.14. The van der Waals surface area contributed by atoms with E-state index in [1.165, 1.54) is 16.7 Å². The molecule has 0 spiro atoms. The van der Waals surface area contributed by atoms with Crippen LogP contribution >= 0.6 is 11.3 Å². The molecule has 5 rings (SSSR count). The Morgan fingerprint density at radius 2 is 1.85 bits per heavy atom. The van der Waals surface area contributed by atoms with Crippen LogP contribution in [0.4, 0.5) is 11.4 Å². The molecule has 1 heterocycles. The number of non-ortho nitro benzene ring substituents is 1. The zero-order chi connectivity index (χ0) is 22.9. The van der Waals surface area contributed by atoms with E-state index in [-0.39, 0.29) is 16.7 Å². The third-order valence-corrected chi connectivity index (χ3v) is 7.19. The maximum atomic E-state index is 11.2. The molecule has 3 aromatic carbocycles. The van der Waals surface area contributed by atoms with Gasteiger partial charge in [-0.1, -0.05) is 36.4 Å². The SMILES string of the molecule is Cc1ccc(C)c(N=c2scc(-c3ccc([N+](=O)[O-])cc3)n2C2CCCc3ccccc32)c1. The van der Waals surface area contributed by atoms with Gasteiger partial charge in [0.25, 0.3) is 5.69 Å². The molecule has 0 saturated heterocycles. The molecule has 0 radical (unpaired) electrons. The standard InChI is InChI=1S/C27H25N3O2S/c1-18-10-11-19(2)24(16-18)28-27-29(25-9-5-7-20-6-3-4-8-23(20)25)26(17-33-27)21-12-14-22(15-13-21)30(31)32/h3-4,6,8,10-17,25H,5,7,9H2,1-2H3. The van der Waals surface area contributed by atoms with Gasteiger partial charge in [-0.05, 0) is 79.1 Å². The summed E-state index contributed by atoms with van der Waals surface area (Å²) in [5, 5.41) is 13.3. The van der Waals surface area contributed by atoms with Crippen molar-refractivity contribution >= 4 is 22.7 Å². The van der Waals surface area contributed by atoms with E-state index in [0.29, 0.717) is 0 Å². The zero-order valence-electron chi connectivity index (χ0n) is 18.7. The molecule has 166 valence electrons. The van der Waals surface area contributed by atoms with Crippen LogP contribution in [0.3, 0.4) is 0 Å². The Morgan fingerprint density at radius 3 is 2.64 bits per heavy atom. The molecule has 4 aromatic rings. The molecule has 0 amide bonds. The first-order valence-electron chi connectivity index (χ1n) is 11.2. The Morgan fingerprint density at radius 1 is 1.06 bits per heavy atom. The predicted molar refractivity (Wildman–Crippen MR) is 133 cm³/mol. The van der Waals surface area contributed by atoms with Gasteiger partial charge in [-0.2, -0.15) is 0 Å². The van der Waals surface area contributed by atoms with Gasteiger partial charge >= 0.3 is 0 Å². The fraction of sp³-hybridized carbons (Fsp3) is 0.222. The molecular weight excluding hydrogens is 430 g/mol. The summed E-state index contributed by atoms with van der Waals surface area (Å²) in [5.74, 6) is 0. The number of nitro benzene ring substituents is 1. The number of benzene rings is 3. The van der Waals surface area contributed by atoms with E-state index in [1.807, 2.05) is 12.1 Å². The Labute approximate surface area is 196 Å². The van der Waals surface area contributed by atoms with Gasteiger partial charge in [0.2, 0.25) is 0 Å². The number of aryl methyl sites for hydroxylation is 3. The van der Waals surface area contributed by atoms with E-state index >= 15 is 0 Å². The highest BCUT2D eigenvalue weighted by atomic mass is 32.1. The Kier molecular flexibility index (Phi) is 5.68. The number of hydrogen-bond donors (Lipinski definition) is 0. The van der Waals surface area contributed by atoms with Crippen LogP contribution in [0.25, 0.3) is 11.3 Å². The zero-order valence-corrected chi connectivity index (χ0v) is 19.5. The number of nitro groups is 1. The summed E-state index contributed by atoms with van der Waals surface area (Å²) in [6.07, 6.45) is 3.24. The Balaban J connectivity index is 1.73. The van der Waals surface area contributed by atoms with Crippen molar-refractivity contribution in [2.24, 2.45) is 4.99 Å². The average Bonchev–Trinajstić information content (AvgIpc) is 3.24. The van der Waals surface area contributed by atoms with Gasteiger partial charge in [0.1, 0.15) is 0 Å². The third-order valence-electron chi connectivity index (χ3n) is 6.35. The first kappa shape index (κ1) is 21.3. The van der Waals surface area contributed by atoms with Gasteiger partial charge in [-0.15, -0.1) is 11.3 Å². The van der Waals surface area contributed by atoms with Gasteiger partial charge in [-0.25, -0.2) is 4.99 Å². The van der Waals surface area contributed by atoms with E-state index in [4.69, 9.17) is 4.99 Å². The van der Waals surface area contributed by atoms with E-state index in [1.54, 1.807) is 23.5 Å². The summed E-state index contributed by atoms with van der Waals surface area (Å²) in [5.41, 5.74) is 8.13. The average molecular weight is 456 g/mol. The predicted octanol–water partition coefficient (Wildman–Crippen LogP) is 6.90. The summed E-state index contributed by atoms with van der Waals surface area (Å²) >= 11 is 1.62. The van der Waals surface area contributed by atoms with Gasteiger partial charge < -0.3 is 4.57 Å². The molecule has 1 aliphatic rings. The number of aromatic nitrogens is 1. The van der Waals surface area contributed by atoms with Crippen LogP contribution in [0.1, 0.15) is 41.1 Å². The largest absolute Gasteiger partial charge is 0.309 e. The minimum Gasteiger partial charge on any atom is -0.309 e. The molecule has 1 aromatic heterocycles. The van der Waals surface area contributed by atoms with Crippen LogP contribution < -0.4 is 4.80 Å². The second-order valence-corrected chi connectivity index (χ2v) is 9.42. The van der Waals surface area contributed by atoms with Crippen LogP contribution in [0.5, 0.6) is 0 Å². The number of thiazole rings is 1. The topological polar surface area (TPSA) is 60.4 Å². The molecule has 5 nitrogen and oxygen atoms in total. The first-order chi connectivity index (χ1) is 16.0. The lowest BCUT2D eigenvalue weighted by atomic mass is 9.87. The number of rotatable bonds is 4. The normalized spacial score (nSPS) is 15.9. The first-order valence-corrected chi connectivity index (χ1v) is 12.0. The van der Waals surface area contributed by atoms with Crippen LogP contribution in [0, 0.1) is 24.0 Å². The van der Waals surface area contributed by atoms with Crippen molar-refractivity contribution in [1.29, 1.82) is 0 Å². The minimum absolute atomic E-state index is 0.101. The molecule has 0 aliphatic heterocycles. The van der Waals surface area contributed by atoms with Crippen LogP contribution in [0.15, 0.2) is 77.1 Å². The maximum Gasteiger partial charge on any atom is 0.269 e. The van der Waals surface area contributed by atoms with E-state index in [0.717, 1.165) is 46.6 Å². The second-order valence-electron chi connectivity index (χ2n) is 8.59. The molecule has 0 N–H and O–H groups in total.